The molecule has 5 rings (SSSR count). The summed E-state index contributed by atoms with van der Waals surface area (Å²) in [4.78, 5) is 26.8. The highest BCUT2D eigenvalue weighted by atomic mass is 16.2. The number of fused-ring (bicyclic) bond motifs is 1. The molecule has 1 unspecified atom stereocenters. The highest BCUT2D eigenvalue weighted by Gasteiger charge is 2.24. The molecular weight excluding hydrogens is 402 g/mol. The number of nitrogens with zero attached hydrogens (tertiary/aromatic N) is 3. The van der Waals surface area contributed by atoms with Gasteiger partial charge in [-0.3, -0.25) is 0 Å². The molecule has 0 spiro atoms. The SMILES string of the molecule is O=C(NCC1CCNCC1)Nc1cccc(C2CCCN(c3ncnc4[nH]ccc34)C2)c1. The Kier molecular flexibility index (Phi) is 6.20. The van der Waals surface area contributed by atoms with Crippen molar-refractivity contribution in [1.29, 1.82) is 0 Å². The predicted octanol–water partition coefficient (Wildman–Crippen LogP) is 3.46. The summed E-state index contributed by atoms with van der Waals surface area (Å²) < 4.78 is 0. The van der Waals surface area contributed by atoms with Gasteiger partial charge in [-0.05, 0) is 68.5 Å². The molecule has 4 heterocycles. The van der Waals surface area contributed by atoms with Crippen LogP contribution in [-0.4, -0.2) is 53.7 Å². The fourth-order valence-corrected chi connectivity index (χ4v) is 4.92. The quantitative estimate of drug-likeness (QED) is 0.494. The van der Waals surface area contributed by atoms with Crippen LogP contribution in [0, 0.1) is 5.92 Å². The number of H-pyrrole nitrogens is 1. The number of anilines is 2. The zero-order chi connectivity index (χ0) is 21.8. The molecule has 1 aromatic carbocycles. The van der Waals surface area contributed by atoms with Gasteiger partial charge in [-0.25, -0.2) is 14.8 Å². The fraction of sp³-hybridized carbons (Fsp3) is 0.458. The van der Waals surface area contributed by atoms with Gasteiger partial charge in [0, 0.05) is 37.4 Å². The van der Waals surface area contributed by atoms with E-state index in [2.05, 4.69) is 47.9 Å². The van der Waals surface area contributed by atoms with Gasteiger partial charge in [-0.1, -0.05) is 12.1 Å². The molecule has 4 N–H and O–H groups in total. The molecule has 3 aromatic rings. The van der Waals surface area contributed by atoms with Crippen LogP contribution in [0.15, 0.2) is 42.9 Å². The van der Waals surface area contributed by atoms with Crippen LogP contribution in [0.4, 0.5) is 16.3 Å². The Morgan fingerprint density at radius 1 is 1.16 bits per heavy atom. The minimum atomic E-state index is -0.123. The van der Waals surface area contributed by atoms with Crippen molar-refractivity contribution in [2.45, 2.75) is 31.6 Å². The van der Waals surface area contributed by atoms with E-state index in [1.165, 1.54) is 5.56 Å². The van der Waals surface area contributed by atoms with E-state index in [0.29, 0.717) is 11.8 Å². The van der Waals surface area contributed by atoms with E-state index in [9.17, 15) is 4.79 Å². The average Bonchev–Trinajstić information content (AvgIpc) is 3.33. The Hall–Kier alpha value is -3.13. The van der Waals surface area contributed by atoms with E-state index in [1.807, 2.05) is 24.4 Å². The minimum Gasteiger partial charge on any atom is -0.355 e. The normalized spacial score (nSPS) is 19.8. The zero-order valence-electron chi connectivity index (χ0n) is 18.3. The van der Waals surface area contributed by atoms with Crippen LogP contribution in [0.3, 0.4) is 0 Å². The van der Waals surface area contributed by atoms with E-state index in [-0.39, 0.29) is 6.03 Å². The van der Waals surface area contributed by atoms with Gasteiger partial charge in [0.15, 0.2) is 0 Å². The number of rotatable bonds is 5. The molecule has 0 radical (unpaired) electrons. The Balaban J connectivity index is 1.22. The van der Waals surface area contributed by atoms with E-state index in [1.54, 1.807) is 6.33 Å². The Morgan fingerprint density at radius 2 is 2.06 bits per heavy atom. The number of carbonyl (C=O) groups is 1. The van der Waals surface area contributed by atoms with Crippen molar-refractivity contribution in [3.05, 3.63) is 48.4 Å². The van der Waals surface area contributed by atoms with Crippen LogP contribution in [0.5, 0.6) is 0 Å². The lowest BCUT2D eigenvalue weighted by atomic mass is 9.90. The smallest absolute Gasteiger partial charge is 0.319 e. The Labute approximate surface area is 188 Å². The molecule has 32 heavy (non-hydrogen) atoms. The largest absolute Gasteiger partial charge is 0.355 e. The minimum absolute atomic E-state index is 0.123. The molecule has 2 saturated heterocycles. The summed E-state index contributed by atoms with van der Waals surface area (Å²) in [5.74, 6) is 1.95. The van der Waals surface area contributed by atoms with Crippen LogP contribution >= 0.6 is 0 Å². The number of benzene rings is 1. The maximum absolute atomic E-state index is 12.4. The van der Waals surface area contributed by atoms with Crippen molar-refractivity contribution >= 4 is 28.6 Å². The summed E-state index contributed by atoms with van der Waals surface area (Å²) in [6.07, 6.45) is 8.02. The van der Waals surface area contributed by atoms with Crippen molar-refractivity contribution in [2.24, 2.45) is 5.92 Å². The molecule has 2 amide bonds. The fourth-order valence-electron chi connectivity index (χ4n) is 4.92. The Morgan fingerprint density at radius 3 is 2.97 bits per heavy atom. The number of aromatic nitrogens is 3. The number of carbonyl (C=O) groups excluding carboxylic acids is 1. The second kappa shape index (κ2) is 9.56. The summed E-state index contributed by atoms with van der Waals surface area (Å²) in [7, 11) is 0. The number of nitrogens with one attached hydrogen (secondary N) is 4. The molecule has 2 aromatic heterocycles. The van der Waals surface area contributed by atoms with Gasteiger partial charge in [-0.2, -0.15) is 0 Å². The lowest BCUT2D eigenvalue weighted by Crippen LogP contribution is -2.37. The number of aromatic amines is 1. The van der Waals surface area contributed by atoms with Gasteiger partial charge in [0.25, 0.3) is 0 Å². The average molecular weight is 434 g/mol. The van der Waals surface area contributed by atoms with Crippen LogP contribution < -0.4 is 20.9 Å². The molecule has 168 valence electrons. The van der Waals surface area contributed by atoms with E-state index >= 15 is 0 Å². The lowest BCUT2D eigenvalue weighted by molar-refractivity contribution is 0.248. The number of hydrogen-bond donors (Lipinski definition) is 4. The van der Waals surface area contributed by atoms with Gasteiger partial charge < -0.3 is 25.8 Å². The van der Waals surface area contributed by atoms with Gasteiger partial charge in [0.05, 0.1) is 5.39 Å². The van der Waals surface area contributed by atoms with E-state index < -0.39 is 0 Å². The third-order valence-electron chi connectivity index (χ3n) is 6.68. The van der Waals surface area contributed by atoms with Crippen LogP contribution in [0.2, 0.25) is 0 Å². The van der Waals surface area contributed by atoms with Crippen LogP contribution in [0.1, 0.15) is 37.2 Å². The summed E-state index contributed by atoms with van der Waals surface area (Å²) in [6, 6.07) is 10.2. The van der Waals surface area contributed by atoms with Gasteiger partial charge in [-0.15, -0.1) is 0 Å². The predicted molar refractivity (Wildman–Crippen MR) is 127 cm³/mol. The first-order valence-corrected chi connectivity index (χ1v) is 11.6. The first kappa shape index (κ1) is 20.8. The molecule has 8 nitrogen and oxygen atoms in total. The Bertz CT molecular complexity index is 1060. The lowest BCUT2D eigenvalue weighted by Gasteiger charge is -2.34. The number of piperidine rings is 2. The highest BCUT2D eigenvalue weighted by Crippen LogP contribution is 2.32. The van der Waals surface area contributed by atoms with Crippen molar-refractivity contribution in [3.8, 4) is 0 Å². The first-order chi connectivity index (χ1) is 15.8. The number of amides is 2. The summed E-state index contributed by atoms with van der Waals surface area (Å²) >= 11 is 0. The van der Waals surface area contributed by atoms with Crippen molar-refractivity contribution < 1.29 is 4.79 Å². The van der Waals surface area contributed by atoms with E-state index in [4.69, 9.17) is 0 Å². The summed E-state index contributed by atoms with van der Waals surface area (Å²) in [5.41, 5.74) is 2.97. The van der Waals surface area contributed by atoms with Crippen molar-refractivity contribution in [2.75, 3.05) is 42.9 Å². The number of hydrogen-bond acceptors (Lipinski definition) is 5. The van der Waals surface area contributed by atoms with Gasteiger partial charge in [0.2, 0.25) is 0 Å². The van der Waals surface area contributed by atoms with Crippen molar-refractivity contribution in [1.82, 2.24) is 25.6 Å². The third kappa shape index (κ3) is 4.70. The number of urea groups is 1. The third-order valence-corrected chi connectivity index (χ3v) is 6.68. The molecule has 8 heteroatoms. The molecule has 2 aliphatic heterocycles. The maximum atomic E-state index is 12.4. The summed E-state index contributed by atoms with van der Waals surface area (Å²) in [5, 5.41) is 10.5. The molecule has 2 fully saturated rings. The molecule has 0 aliphatic carbocycles. The maximum Gasteiger partial charge on any atom is 0.319 e. The monoisotopic (exact) mass is 433 g/mol. The summed E-state index contributed by atoms with van der Waals surface area (Å²) in [6.45, 7) is 4.71. The van der Waals surface area contributed by atoms with Gasteiger partial charge >= 0.3 is 6.03 Å². The molecule has 0 saturated carbocycles. The molecule has 1 atom stereocenters. The first-order valence-electron chi connectivity index (χ1n) is 11.6. The van der Waals surface area contributed by atoms with Crippen molar-refractivity contribution in [3.63, 3.8) is 0 Å². The topological polar surface area (TPSA) is 98.0 Å². The second-order valence-electron chi connectivity index (χ2n) is 8.88. The van der Waals surface area contributed by atoms with Crippen LogP contribution in [-0.2, 0) is 0 Å². The standard InChI is InChI=1S/C24H31N7O/c32-24(27-14-17-6-9-25-10-7-17)30-20-5-1-3-18(13-20)19-4-2-12-31(15-19)23-21-8-11-26-22(21)28-16-29-23/h1,3,5,8,11,13,16-17,19,25H,2,4,6-7,9-10,12,14-15H2,(H,26,28,29)(H2,27,30,32). The molecular formula is C24H31N7O. The highest BCUT2D eigenvalue weighted by molar-refractivity contribution is 5.89. The van der Waals surface area contributed by atoms with Gasteiger partial charge in [0.1, 0.15) is 17.8 Å². The zero-order valence-corrected chi connectivity index (χ0v) is 18.3. The molecule has 0 bridgehead atoms. The molecule has 2 aliphatic rings. The second-order valence-corrected chi connectivity index (χ2v) is 8.88. The van der Waals surface area contributed by atoms with E-state index in [0.717, 1.165) is 80.9 Å². The van der Waals surface area contributed by atoms with Crippen LogP contribution in [0.25, 0.3) is 11.0 Å².